The third-order valence-electron chi connectivity index (χ3n) is 3.34. The van der Waals surface area contributed by atoms with Gasteiger partial charge in [-0.05, 0) is 48.4 Å². The molecule has 0 aliphatic rings. The first-order valence-corrected chi connectivity index (χ1v) is 8.30. The fraction of sp³-hybridized carbons (Fsp3) is 0.250. The molecular formula is C16H20ClNO4S. The van der Waals surface area contributed by atoms with Crippen molar-refractivity contribution in [3.8, 4) is 5.75 Å². The van der Waals surface area contributed by atoms with Crippen molar-refractivity contribution in [2.45, 2.75) is 22.3 Å². The van der Waals surface area contributed by atoms with Crippen LogP contribution in [-0.2, 0) is 16.3 Å². The summed E-state index contributed by atoms with van der Waals surface area (Å²) in [5.41, 5.74) is 6.55. The van der Waals surface area contributed by atoms with Crippen molar-refractivity contribution in [2.75, 3.05) is 13.7 Å². The van der Waals surface area contributed by atoms with Gasteiger partial charge in [0.05, 0.1) is 23.5 Å². The van der Waals surface area contributed by atoms with E-state index in [0.29, 0.717) is 12.2 Å². The molecule has 5 nitrogen and oxygen atoms in total. The van der Waals surface area contributed by atoms with Gasteiger partial charge >= 0.3 is 0 Å². The molecule has 0 aromatic heterocycles. The quantitative estimate of drug-likeness (QED) is 0.823. The maximum absolute atomic E-state index is 12.5. The van der Waals surface area contributed by atoms with E-state index in [1.165, 1.54) is 19.2 Å². The molecule has 0 aliphatic carbocycles. The van der Waals surface area contributed by atoms with Gasteiger partial charge in [0.2, 0.25) is 9.84 Å². The zero-order valence-corrected chi connectivity index (χ0v) is 14.3. The first kappa shape index (κ1) is 19.4. The lowest BCUT2D eigenvalue weighted by Crippen LogP contribution is -2.26. The van der Waals surface area contributed by atoms with E-state index >= 15 is 0 Å². The van der Waals surface area contributed by atoms with Crippen molar-refractivity contribution in [1.29, 1.82) is 0 Å². The summed E-state index contributed by atoms with van der Waals surface area (Å²) in [6.07, 6.45) is 0.499. The third-order valence-corrected chi connectivity index (χ3v) is 5.12. The smallest absolute Gasteiger partial charge is 0.206 e. The van der Waals surface area contributed by atoms with Gasteiger partial charge in [-0.1, -0.05) is 12.1 Å². The number of methoxy groups -OCH3 is 1. The summed E-state index contributed by atoms with van der Waals surface area (Å²) in [5, 5.41) is 8.94. The van der Waals surface area contributed by atoms with E-state index in [1.807, 2.05) is 0 Å². The number of aliphatic hydroxyl groups is 1. The fourth-order valence-corrected chi connectivity index (χ4v) is 3.32. The van der Waals surface area contributed by atoms with Crippen LogP contribution in [0.25, 0.3) is 0 Å². The number of aliphatic hydroxyl groups excluding tert-OH is 1. The minimum atomic E-state index is -3.55. The predicted molar refractivity (Wildman–Crippen MR) is 90.9 cm³/mol. The first-order chi connectivity index (χ1) is 10.5. The van der Waals surface area contributed by atoms with Gasteiger partial charge in [-0.15, -0.1) is 12.4 Å². The van der Waals surface area contributed by atoms with Gasteiger partial charge in [-0.25, -0.2) is 8.42 Å². The van der Waals surface area contributed by atoms with Crippen LogP contribution in [0.4, 0.5) is 0 Å². The van der Waals surface area contributed by atoms with E-state index in [9.17, 15) is 8.42 Å². The second kappa shape index (κ2) is 8.31. The summed E-state index contributed by atoms with van der Waals surface area (Å²) in [4.78, 5) is 0.437. The van der Waals surface area contributed by atoms with Crippen molar-refractivity contribution < 1.29 is 18.3 Å². The Kier molecular flexibility index (Phi) is 7.02. The predicted octanol–water partition coefficient (Wildman–Crippen LogP) is 1.81. The summed E-state index contributed by atoms with van der Waals surface area (Å²) in [7, 11) is -2.02. The zero-order chi connectivity index (χ0) is 16.2. The second-order valence-electron chi connectivity index (χ2n) is 4.97. The molecule has 0 spiro atoms. The van der Waals surface area contributed by atoms with Gasteiger partial charge < -0.3 is 15.6 Å². The van der Waals surface area contributed by atoms with Crippen molar-refractivity contribution in [2.24, 2.45) is 5.73 Å². The minimum Gasteiger partial charge on any atom is -0.497 e. The topological polar surface area (TPSA) is 89.6 Å². The Morgan fingerprint density at radius 1 is 1.04 bits per heavy atom. The van der Waals surface area contributed by atoms with Crippen LogP contribution in [0.3, 0.4) is 0 Å². The Hall–Kier alpha value is -1.60. The van der Waals surface area contributed by atoms with Gasteiger partial charge in [0, 0.05) is 6.04 Å². The maximum Gasteiger partial charge on any atom is 0.206 e. The van der Waals surface area contributed by atoms with E-state index < -0.39 is 9.84 Å². The van der Waals surface area contributed by atoms with Crippen LogP contribution < -0.4 is 10.5 Å². The summed E-state index contributed by atoms with van der Waals surface area (Å²) in [6.45, 7) is -0.105. The number of sulfone groups is 1. The number of hydrogen-bond donors (Lipinski definition) is 2. The van der Waals surface area contributed by atoms with E-state index in [4.69, 9.17) is 15.6 Å². The molecule has 0 radical (unpaired) electrons. The van der Waals surface area contributed by atoms with Crippen molar-refractivity contribution in [3.05, 3.63) is 54.1 Å². The molecule has 3 N–H and O–H groups in total. The van der Waals surface area contributed by atoms with Gasteiger partial charge in [0.1, 0.15) is 5.75 Å². The van der Waals surface area contributed by atoms with Crippen molar-refractivity contribution in [1.82, 2.24) is 0 Å². The molecule has 2 aromatic rings. The molecular weight excluding hydrogens is 338 g/mol. The number of halogens is 1. The molecule has 126 valence electrons. The average molecular weight is 358 g/mol. The summed E-state index contributed by atoms with van der Waals surface area (Å²) < 4.78 is 30.1. The lowest BCUT2D eigenvalue weighted by molar-refractivity contribution is 0.265. The fourth-order valence-electron chi connectivity index (χ4n) is 2.06. The molecule has 0 unspecified atom stereocenters. The Labute approximate surface area is 142 Å². The Balaban J connectivity index is 0.00000264. The van der Waals surface area contributed by atoms with E-state index in [0.717, 1.165) is 5.56 Å². The molecule has 0 aliphatic heterocycles. The molecule has 2 rings (SSSR count). The molecule has 2 aromatic carbocycles. The van der Waals surface area contributed by atoms with Gasteiger partial charge in [0.15, 0.2) is 0 Å². The zero-order valence-electron chi connectivity index (χ0n) is 12.7. The third kappa shape index (κ3) is 4.68. The summed E-state index contributed by atoms with van der Waals surface area (Å²) in [5.74, 6) is 0.604. The number of ether oxygens (including phenoxy) is 1. The van der Waals surface area contributed by atoms with Crippen LogP contribution in [0.15, 0.2) is 58.3 Å². The number of rotatable bonds is 6. The molecule has 1 atom stereocenters. The number of nitrogens with two attached hydrogens (primary N) is 1. The molecule has 0 amide bonds. The minimum absolute atomic E-state index is 0. The van der Waals surface area contributed by atoms with Crippen LogP contribution in [-0.4, -0.2) is 33.3 Å². The van der Waals surface area contributed by atoms with Crippen molar-refractivity contribution in [3.63, 3.8) is 0 Å². The summed E-state index contributed by atoms with van der Waals surface area (Å²) in [6, 6.07) is 12.5. The van der Waals surface area contributed by atoms with Crippen LogP contribution in [0.2, 0.25) is 0 Å². The largest absolute Gasteiger partial charge is 0.497 e. The van der Waals surface area contributed by atoms with E-state index in [-0.39, 0.29) is 34.8 Å². The molecule has 7 heteroatoms. The lowest BCUT2D eigenvalue weighted by atomic mass is 10.1. The van der Waals surface area contributed by atoms with Crippen LogP contribution in [0, 0.1) is 0 Å². The normalized spacial score (nSPS) is 12.3. The number of hydrogen-bond acceptors (Lipinski definition) is 5. The van der Waals surface area contributed by atoms with Crippen LogP contribution >= 0.6 is 12.4 Å². The highest BCUT2D eigenvalue weighted by Crippen LogP contribution is 2.23. The molecule has 0 saturated carbocycles. The Morgan fingerprint density at radius 3 is 1.96 bits per heavy atom. The molecule has 0 heterocycles. The van der Waals surface area contributed by atoms with E-state index in [1.54, 1.807) is 36.4 Å². The standard InChI is InChI=1S/C16H19NO4S.ClH/c1-21-14-4-8-16(9-5-14)22(19,20)15-6-2-12(3-7-15)10-13(17)11-18;/h2-9,13,18H,10-11,17H2,1H3;1H/t13-;/m0./s1. The molecule has 23 heavy (non-hydrogen) atoms. The van der Waals surface area contributed by atoms with Gasteiger partial charge in [-0.3, -0.25) is 0 Å². The number of benzene rings is 2. The SMILES string of the molecule is COc1ccc(S(=O)(=O)c2ccc(C[C@H](N)CO)cc2)cc1.Cl. The highest BCUT2D eigenvalue weighted by Gasteiger charge is 2.17. The van der Waals surface area contributed by atoms with Gasteiger partial charge in [0.25, 0.3) is 0 Å². The lowest BCUT2D eigenvalue weighted by Gasteiger charge is -2.09. The molecule has 0 fully saturated rings. The molecule has 0 bridgehead atoms. The Bertz CT molecular complexity index is 715. The second-order valence-corrected chi connectivity index (χ2v) is 6.92. The van der Waals surface area contributed by atoms with E-state index in [2.05, 4.69) is 0 Å². The van der Waals surface area contributed by atoms with Crippen molar-refractivity contribution >= 4 is 22.2 Å². The van der Waals surface area contributed by atoms with Crippen LogP contribution in [0.5, 0.6) is 5.75 Å². The summed E-state index contributed by atoms with van der Waals surface area (Å²) >= 11 is 0. The Morgan fingerprint density at radius 2 is 1.52 bits per heavy atom. The highest BCUT2D eigenvalue weighted by atomic mass is 35.5. The van der Waals surface area contributed by atoms with Gasteiger partial charge in [-0.2, -0.15) is 0 Å². The highest BCUT2D eigenvalue weighted by molar-refractivity contribution is 7.91. The maximum atomic E-state index is 12.5. The average Bonchev–Trinajstić information content (AvgIpc) is 2.55. The van der Waals surface area contributed by atoms with Crippen LogP contribution in [0.1, 0.15) is 5.56 Å². The first-order valence-electron chi connectivity index (χ1n) is 6.82. The monoisotopic (exact) mass is 357 g/mol. The molecule has 0 saturated heterocycles.